The van der Waals surface area contributed by atoms with Crippen molar-refractivity contribution in [3.8, 4) is 0 Å². The van der Waals surface area contributed by atoms with Gasteiger partial charge in [-0.25, -0.2) is 13.1 Å². The van der Waals surface area contributed by atoms with Crippen LogP contribution in [0.4, 0.5) is 0 Å². The van der Waals surface area contributed by atoms with Crippen molar-refractivity contribution in [2.75, 3.05) is 32.5 Å². The van der Waals surface area contributed by atoms with E-state index < -0.39 is 10.0 Å². The van der Waals surface area contributed by atoms with Crippen LogP contribution >= 0.6 is 12.4 Å². The number of nitrogens with zero attached hydrogens (tertiary/aromatic N) is 1. The van der Waals surface area contributed by atoms with Gasteiger partial charge in [0.15, 0.2) is 0 Å². The first-order valence-electron chi connectivity index (χ1n) is 7.63. The quantitative estimate of drug-likeness (QED) is 0.551. The highest BCUT2D eigenvalue weighted by Gasteiger charge is 2.16. The number of amides is 1. The number of nitrogens with one attached hydrogen (secondary N) is 1. The summed E-state index contributed by atoms with van der Waals surface area (Å²) in [6, 6.07) is 0.0279. The fourth-order valence-electron chi connectivity index (χ4n) is 1.57. The lowest BCUT2D eigenvalue weighted by Crippen LogP contribution is -2.41. The van der Waals surface area contributed by atoms with Gasteiger partial charge < -0.3 is 15.4 Å². The molecule has 0 rings (SSSR count). The summed E-state index contributed by atoms with van der Waals surface area (Å²) in [5.41, 5.74) is 5.92. The molecule has 0 aromatic carbocycles. The molecule has 140 valence electrons. The molecule has 0 saturated heterocycles. The van der Waals surface area contributed by atoms with Crippen LogP contribution in [0.3, 0.4) is 0 Å². The number of ether oxygens (including phenoxy) is 1. The van der Waals surface area contributed by atoms with Gasteiger partial charge in [-0.3, -0.25) is 4.79 Å². The van der Waals surface area contributed by atoms with Gasteiger partial charge in [0.25, 0.3) is 0 Å². The molecule has 9 heteroatoms. The average Bonchev–Trinajstić information content (AvgIpc) is 2.40. The first-order valence-corrected chi connectivity index (χ1v) is 9.29. The molecular weight excluding hydrogens is 342 g/mol. The van der Waals surface area contributed by atoms with Crippen molar-refractivity contribution < 1.29 is 17.9 Å². The molecular formula is C14H32ClN3O4S. The van der Waals surface area contributed by atoms with Gasteiger partial charge in [0.2, 0.25) is 15.9 Å². The number of carbonyl (C=O) groups is 1. The fourth-order valence-corrected chi connectivity index (χ4v) is 2.38. The lowest BCUT2D eigenvalue weighted by atomic mass is 10.0. The van der Waals surface area contributed by atoms with Gasteiger partial charge in [-0.05, 0) is 26.2 Å². The predicted octanol–water partition coefficient (Wildman–Crippen LogP) is 0.584. The van der Waals surface area contributed by atoms with E-state index in [1.165, 1.54) is 4.90 Å². The largest absolute Gasteiger partial charge is 0.378 e. The smallest absolute Gasteiger partial charge is 0.237 e. The lowest BCUT2D eigenvalue weighted by Gasteiger charge is -2.21. The summed E-state index contributed by atoms with van der Waals surface area (Å²) in [5.74, 6) is -0.0762. The third-order valence-corrected chi connectivity index (χ3v) is 4.61. The molecule has 0 heterocycles. The van der Waals surface area contributed by atoms with E-state index in [1.807, 2.05) is 27.7 Å². The Morgan fingerprint density at radius 2 is 1.83 bits per heavy atom. The molecule has 1 amide bonds. The van der Waals surface area contributed by atoms with Crippen LogP contribution in [0, 0.1) is 5.92 Å². The maximum Gasteiger partial charge on any atom is 0.237 e. The second kappa shape index (κ2) is 12.0. The highest BCUT2D eigenvalue weighted by molar-refractivity contribution is 7.89. The summed E-state index contributed by atoms with van der Waals surface area (Å²) in [7, 11) is -1.85. The summed E-state index contributed by atoms with van der Waals surface area (Å²) >= 11 is 0. The summed E-state index contributed by atoms with van der Waals surface area (Å²) < 4.78 is 30.9. The van der Waals surface area contributed by atoms with Crippen LogP contribution in [0.5, 0.6) is 0 Å². The summed E-state index contributed by atoms with van der Waals surface area (Å²) in [6.07, 6.45) is 0.669. The number of hydrogen-bond acceptors (Lipinski definition) is 5. The van der Waals surface area contributed by atoms with Crippen LogP contribution in [0.2, 0.25) is 0 Å². The third-order valence-electron chi connectivity index (χ3n) is 3.33. The monoisotopic (exact) mass is 373 g/mol. The molecule has 0 fully saturated rings. The Kier molecular flexibility index (Phi) is 13.0. The van der Waals surface area contributed by atoms with Crippen LogP contribution in [0.25, 0.3) is 0 Å². The second-order valence-electron chi connectivity index (χ2n) is 6.07. The van der Waals surface area contributed by atoms with Crippen LogP contribution in [-0.4, -0.2) is 63.9 Å². The molecule has 3 N–H and O–H groups in total. The Balaban J connectivity index is 0. The van der Waals surface area contributed by atoms with Crippen LogP contribution < -0.4 is 10.5 Å². The van der Waals surface area contributed by atoms with Gasteiger partial charge in [0.1, 0.15) is 0 Å². The first-order chi connectivity index (χ1) is 10.0. The van der Waals surface area contributed by atoms with Gasteiger partial charge in [-0.15, -0.1) is 12.4 Å². The number of halogens is 1. The molecule has 7 nitrogen and oxygen atoms in total. The minimum absolute atomic E-state index is 0. The predicted molar refractivity (Wildman–Crippen MR) is 95.2 cm³/mol. The maximum atomic E-state index is 11.9. The molecule has 0 bridgehead atoms. The van der Waals surface area contributed by atoms with Gasteiger partial charge in [-0.2, -0.15) is 0 Å². The van der Waals surface area contributed by atoms with Crippen molar-refractivity contribution in [1.82, 2.24) is 9.62 Å². The van der Waals surface area contributed by atoms with Crippen LogP contribution in [0.1, 0.15) is 34.1 Å². The van der Waals surface area contributed by atoms with Crippen LogP contribution in [0.15, 0.2) is 0 Å². The van der Waals surface area contributed by atoms with Crippen molar-refractivity contribution in [1.29, 1.82) is 0 Å². The maximum absolute atomic E-state index is 11.9. The highest BCUT2D eigenvalue weighted by Crippen LogP contribution is 2.03. The minimum Gasteiger partial charge on any atom is -0.378 e. The van der Waals surface area contributed by atoms with Gasteiger partial charge in [-0.1, -0.05) is 13.8 Å². The summed E-state index contributed by atoms with van der Waals surface area (Å²) in [5, 5.41) is 0. The Morgan fingerprint density at radius 1 is 1.26 bits per heavy atom. The van der Waals surface area contributed by atoms with E-state index in [-0.39, 0.29) is 49.4 Å². The topological polar surface area (TPSA) is 102 Å². The Labute approximate surface area is 146 Å². The lowest BCUT2D eigenvalue weighted by molar-refractivity contribution is -0.128. The molecule has 0 radical (unpaired) electrons. The van der Waals surface area contributed by atoms with Crippen molar-refractivity contribution in [2.24, 2.45) is 11.7 Å². The Hall–Kier alpha value is -0.410. The first kappa shape index (κ1) is 24.8. The zero-order chi connectivity index (χ0) is 17.3. The van der Waals surface area contributed by atoms with E-state index in [0.29, 0.717) is 18.9 Å². The number of carbonyl (C=O) groups excluding carboxylic acids is 1. The average molecular weight is 374 g/mol. The molecule has 0 aliphatic heterocycles. The molecule has 0 spiro atoms. The molecule has 0 aromatic heterocycles. The highest BCUT2D eigenvalue weighted by atomic mass is 35.5. The number of sulfonamides is 1. The van der Waals surface area contributed by atoms with E-state index in [4.69, 9.17) is 10.5 Å². The van der Waals surface area contributed by atoms with E-state index in [1.54, 1.807) is 7.05 Å². The number of nitrogens with two attached hydrogens (primary N) is 1. The molecule has 1 unspecified atom stereocenters. The number of hydrogen-bond donors (Lipinski definition) is 2. The normalized spacial score (nSPS) is 13.0. The zero-order valence-electron chi connectivity index (χ0n) is 14.7. The van der Waals surface area contributed by atoms with Crippen LogP contribution in [-0.2, 0) is 19.6 Å². The standard InChI is InChI=1S/C14H31N3O4S.ClH/c1-11(2)13(15)6-7-17(5)14(18)10-16-22(19,20)9-8-21-12(3)4;/h11-13,16H,6-10,15H2,1-5H3;1H. The van der Waals surface area contributed by atoms with Crippen molar-refractivity contribution in [3.63, 3.8) is 0 Å². The van der Waals surface area contributed by atoms with Gasteiger partial charge in [0, 0.05) is 19.6 Å². The molecule has 1 atom stereocenters. The number of likely N-dealkylation sites (N-methyl/N-ethyl adjacent to an activating group) is 1. The van der Waals surface area contributed by atoms with E-state index in [0.717, 1.165) is 0 Å². The summed E-state index contributed by atoms with van der Waals surface area (Å²) in [6.45, 7) is 8.11. The zero-order valence-corrected chi connectivity index (χ0v) is 16.4. The van der Waals surface area contributed by atoms with Crippen molar-refractivity contribution in [3.05, 3.63) is 0 Å². The third kappa shape index (κ3) is 12.7. The SMILES string of the molecule is CC(C)OCCS(=O)(=O)NCC(=O)N(C)CCC(N)C(C)C.Cl. The summed E-state index contributed by atoms with van der Waals surface area (Å²) in [4.78, 5) is 13.4. The van der Waals surface area contributed by atoms with Gasteiger partial charge >= 0.3 is 0 Å². The molecule has 0 aliphatic rings. The minimum atomic E-state index is -3.50. The molecule has 0 aliphatic carbocycles. The molecule has 0 saturated carbocycles. The second-order valence-corrected chi connectivity index (χ2v) is 8.00. The fraction of sp³-hybridized carbons (Fsp3) is 0.929. The van der Waals surface area contributed by atoms with Gasteiger partial charge in [0.05, 0.1) is 25.0 Å². The van der Waals surface area contributed by atoms with E-state index in [9.17, 15) is 13.2 Å². The number of rotatable bonds is 11. The van der Waals surface area contributed by atoms with E-state index >= 15 is 0 Å². The van der Waals surface area contributed by atoms with E-state index in [2.05, 4.69) is 4.72 Å². The Morgan fingerprint density at radius 3 is 2.30 bits per heavy atom. The Bertz CT molecular complexity index is 430. The van der Waals surface area contributed by atoms with Crippen molar-refractivity contribution in [2.45, 2.75) is 46.3 Å². The molecule has 0 aromatic rings. The molecule has 23 heavy (non-hydrogen) atoms. The van der Waals surface area contributed by atoms with Crippen molar-refractivity contribution >= 4 is 28.3 Å².